The monoisotopic (exact) mass is 293 g/mol. The molecule has 0 unspecified atom stereocenters. The molecular weight excluding hydrogens is 262 g/mol. The second-order valence-corrected chi connectivity index (χ2v) is 7.38. The first-order valence-electron chi connectivity index (χ1n) is 8.24. The fourth-order valence-electron chi connectivity index (χ4n) is 3.30. The van der Waals surface area contributed by atoms with Crippen molar-refractivity contribution >= 4 is 0 Å². The zero-order chi connectivity index (χ0) is 15.3. The van der Waals surface area contributed by atoms with E-state index in [1.807, 2.05) is 6.20 Å². The molecule has 1 heterocycles. The Morgan fingerprint density at radius 3 is 2.62 bits per heavy atom. The van der Waals surface area contributed by atoms with Gasteiger partial charge in [0.15, 0.2) is 0 Å². The van der Waals surface area contributed by atoms with Crippen molar-refractivity contribution < 1.29 is 4.74 Å². The molecule has 1 aliphatic carbocycles. The molecule has 4 nitrogen and oxygen atoms in total. The van der Waals surface area contributed by atoms with E-state index >= 15 is 0 Å². The summed E-state index contributed by atoms with van der Waals surface area (Å²) in [4.78, 5) is 8.10. The molecule has 120 valence electrons. The van der Waals surface area contributed by atoms with Crippen molar-refractivity contribution in [2.24, 2.45) is 11.3 Å². The highest BCUT2D eigenvalue weighted by molar-refractivity contribution is 5.06. The van der Waals surface area contributed by atoms with E-state index in [-0.39, 0.29) is 0 Å². The van der Waals surface area contributed by atoms with Crippen LogP contribution in [0, 0.1) is 11.3 Å². The Hall–Kier alpha value is -0.870. The van der Waals surface area contributed by atoms with Gasteiger partial charge in [-0.25, -0.2) is 4.98 Å². The number of nitrogens with one attached hydrogen (secondary N) is 2. The smallest absolute Gasteiger partial charge is 0.109 e. The van der Waals surface area contributed by atoms with E-state index in [0.29, 0.717) is 11.3 Å². The molecule has 1 saturated carbocycles. The summed E-state index contributed by atoms with van der Waals surface area (Å²) in [5.41, 5.74) is 1.63. The molecule has 0 aromatic carbocycles. The Morgan fingerprint density at radius 1 is 1.29 bits per heavy atom. The van der Waals surface area contributed by atoms with E-state index in [1.54, 1.807) is 7.11 Å². The predicted molar refractivity (Wildman–Crippen MR) is 86.3 cm³/mol. The molecule has 21 heavy (non-hydrogen) atoms. The van der Waals surface area contributed by atoms with Crippen molar-refractivity contribution in [1.82, 2.24) is 15.3 Å². The lowest BCUT2D eigenvalue weighted by atomic mass is 9.70. The normalized spacial score (nSPS) is 23.4. The third kappa shape index (κ3) is 4.82. The van der Waals surface area contributed by atoms with Gasteiger partial charge in [-0.15, -0.1) is 0 Å². The van der Waals surface area contributed by atoms with Crippen molar-refractivity contribution in [2.45, 2.75) is 58.9 Å². The minimum Gasteiger partial charge on any atom is -0.383 e. The first-order chi connectivity index (χ1) is 10.0. The highest BCUT2D eigenvalue weighted by atomic mass is 16.5. The van der Waals surface area contributed by atoms with Crippen molar-refractivity contribution in [1.29, 1.82) is 0 Å². The number of hydrogen-bond acceptors (Lipinski definition) is 3. The third-order valence-electron chi connectivity index (χ3n) is 4.79. The van der Waals surface area contributed by atoms with E-state index in [2.05, 4.69) is 36.1 Å². The topological polar surface area (TPSA) is 49.9 Å². The molecule has 0 aliphatic heterocycles. The summed E-state index contributed by atoms with van der Waals surface area (Å²) in [6.07, 6.45) is 7.18. The van der Waals surface area contributed by atoms with E-state index in [1.165, 1.54) is 37.2 Å². The maximum atomic E-state index is 5.03. The van der Waals surface area contributed by atoms with Crippen molar-refractivity contribution in [2.75, 3.05) is 20.3 Å². The second-order valence-electron chi connectivity index (χ2n) is 7.38. The van der Waals surface area contributed by atoms with Crippen LogP contribution in [-0.2, 0) is 11.3 Å². The highest BCUT2D eigenvalue weighted by Crippen LogP contribution is 2.42. The molecule has 4 heteroatoms. The largest absolute Gasteiger partial charge is 0.383 e. The number of hydrogen-bond donors (Lipinski definition) is 2. The Labute approximate surface area is 129 Å². The fourth-order valence-corrected chi connectivity index (χ4v) is 3.30. The van der Waals surface area contributed by atoms with Gasteiger partial charge in [0.05, 0.1) is 6.61 Å². The molecule has 1 fully saturated rings. The lowest BCUT2D eigenvalue weighted by molar-refractivity contribution is 0.167. The molecule has 0 saturated heterocycles. The van der Waals surface area contributed by atoms with Gasteiger partial charge in [0.1, 0.15) is 5.82 Å². The minimum atomic E-state index is 0.449. The first kappa shape index (κ1) is 16.5. The number of aromatic nitrogens is 2. The van der Waals surface area contributed by atoms with Crippen LogP contribution in [0.5, 0.6) is 0 Å². The summed E-state index contributed by atoms with van der Waals surface area (Å²) in [5.74, 6) is 2.67. The number of aromatic amines is 1. The summed E-state index contributed by atoms with van der Waals surface area (Å²) in [7, 11) is 1.73. The number of rotatable bonds is 6. The van der Waals surface area contributed by atoms with Crippen LogP contribution < -0.4 is 5.32 Å². The van der Waals surface area contributed by atoms with E-state index in [4.69, 9.17) is 4.74 Å². The van der Waals surface area contributed by atoms with Crippen LogP contribution in [0.1, 0.15) is 63.9 Å². The fraction of sp³-hybridized carbons (Fsp3) is 0.824. The maximum Gasteiger partial charge on any atom is 0.109 e. The molecule has 1 aromatic rings. The number of methoxy groups -OCH3 is 1. The molecule has 2 rings (SSSR count). The van der Waals surface area contributed by atoms with Crippen LogP contribution in [0.4, 0.5) is 0 Å². The molecule has 0 amide bonds. The van der Waals surface area contributed by atoms with Crippen molar-refractivity contribution in [3.63, 3.8) is 0 Å². The Bertz CT molecular complexity index is 414. The minimum absolute atomic E-state index is 0.449. The average molecular weight is 293 g/mol. The molecule has 0 spiro atoms. The van der Waals surface area contributed by atoms with Crippen molar-refractivity contribution in [3.05, 3.63) is 17.7 Å². The number of H-pyrrole nitrogens is 1. The van der Waals surface area contributed by atoms with E-state index < -0.39 is 0 Å². The van der Waals surface area contributed by atoms with Crippen LogP contribution in [0.25, 0.3) is 0 Å². The first-order valence-corrected chi connectivity index (χ1v) is 8.24. The van der Waals surface area contributed by atoms with Gasteiger partial charge in [-0.05, 0) is 37.0 Å². The molecule has 1 aliphatic rings. The highest BCUT2D eigenvalue weighted by Gasteiger charge is 2.31. The zero-order valence-electron chi connectivity index (χ0n) is 14.0. The summed E-state index contributed by atoms with van der Waals surface area (Å²) in [5, 5.41) is 3.35. The SMILES string of the molecule is COCCNCc1cnc(C2CCC(C(C)(C)C)CC2)[nH]1. The standard InChI is InChI=1S/C17H31N3O/c1-17(2,3)14-7-5-13(6-8-14)16-19-12-15(20-16)11-18-9-10-21-4/h12-14,18H,5-11H2,1-4H3,(H,19,20). The van der Waals surface area contributed by atoms with Gasteiger partial charge in [-0.1, -0.05) is 20.8 Å². The molecule has 0 bridgehead atoms. The molecule has 2 N–H and O–H groups in total. The van der Waals surface area contributed by atoms with E-state index in [0.717, 1.165) is 25.6 Å². The average Bonchev–Trinajstić information content (AvgIpc) is 2.92. The summed E-state index contributed by atoms with van der Waals surface area (Å²) in [6.45, 7) is 9.57. The lowest BCUT2D eigenvalue weighted by Crippen LogP contribution is -2.25. The molecule has 0 radical (unpaired) electrons. The maximum absolute atomic E-state index is 5.03. The summed E-state index contributed by atoms with van der Waals surface area (Å²) in [6, 6.07) is 0. The number of imidazole rings is 1. The molecule has 1 aromatic heterocycles. The van der Waals surface area contributed by atoms with Crippen LogP contribution in [-0.4, -0.2) is 30.2 Å². The third-order valence-corrected chi connectivity index (χ3v) is 4.79. The van der Waals surface area contributed by atoms with Crippen LogP contribution in [0.15, 0.2) is 6.20 Å². The van der Waals surface area contributed by atoms with Gasteiger partial charge in [0.2, 0.25) is 0 Å². The second kappa shape index (κ2) is 7.41. The summed E-state index contributed by atoms with van der Waals surface area (Å²) < 4.78 is 5.03. The molecular formula is C17H31N3O. The number of ether oxygens (including phenoxy) is 1. The van der Waals surface area contributed by atoms with Crippen LogP contribution in [0.3, 0.4) is 0 Å². The van der Waals surface area contributed by atoms with Gasteiger partial charge in [-0.3, -0.25) is 0 Å². The molecule has 0 atom stereocenters. The van der Waals surface area contributed by atoms with Crippen molar-refractivity contribution in [3.8, 4) is 0 Å². The van der Waals surface area contributed by atoms with Crippen LogP contribution in [0.2, 0.25) is 0 Å². The van der Waals surface area contributed by atoms with Gasteiger partial charge in [-0.2, -0.15) is 0 Å². The number of nitrogens with zero attached hydrogens (tertiary/aromatic N) is 1. The lowest BCUT2D eigenvalue weighted by Gasteiger charge is -2.36. The Kier molecular flexibility index (Phi) is 5.82. The Balaban J connectivity index is 1.80. The Morgan fingerprint density at radius 2 is 2.00 bits per heavy atom. The van der Waals surface area contributed by atoms with Crippen LogP contribution >= 0.6 is 0 Å². The summed E-state index contributed by atoms with van der Waals surface area (Å²) >= 11 is 0. The van der Waals surface area contributed by atoms with Gasteiger partial charge in [0.25, 0.3) is 0 Å². The zero-order valence-corrected chi connectivity index (χ0v) is 14.0. The quantitative estimate of drug-likeness (QED) is 0.790. The van der Waals surface area contributed by atoms with Gasteiger partial charge < -0.3 is 15.0 Å². The predicted octanol–water partition coefficient (Wildman–Crippen LogP) is 3.47. The van der Waals surface area contributed by atoms with Gasteiger partial charge >= 0.3 is 0 Å². The van der Waals surface area contributed by atoms with E-state index in [9.17, 15) is 0 Å². The van der Waals surface area contributed by atoms with Gasteiger partial charge in [0, 0.05) is 38.0 Å².